The molecule has 0 saturated carbocycles. The number of nitrogens with zero attached hydrogens (tertiary/aromatic N) is 2. The normalized spacial score (nSPS) is 19.2. The zero-order valence-electron chi connectivity index (χ0n) is 17.3. The van der Waals surface area contributed by atoms with Crippen LogP contribution in [0.3, 0.4) is 0 Å². The molecule has 31 heavy (non-hydrogen) atoms. The second kappa shape index (κ2) is 11.1. The second-order valence-electron chi connectivity index (χ2n) is 7.34. The Hall–Kier alpha value is -3.38. The molecule has 0 aromatic heterocycles. The molecule has 12 heteroatoms. The fourth-order valence-corrected chi connectivity index (χ4v) is 3.27. The lowest BCUT2D eigenvalue weighted by molar-refractivity contribution is -0.117. The van der Waals surface area contributed by atoms with Gasteiger partial charge in [0.1, 0.15) is 6.23 Å². The molecule has 0 aliphatic carbocycles. The molecule has 1 unspecified atom stereocenters. The van der Waals surface area contributed by atoms with Gasteiger partial charge in [-0.15, -0.1) is 0 Å². The third-order valence-corrected chi connectivity index (χ3v) is 4.92. The summed E-state index contributed by atoms with van der Waals surface area (Å²) < 4.78 is 0. The summed E-state index contributed by atoms with van der Waals surface area (Å²) >= 11 is 0. The number of guanidine groups is 2. The molecule has 2 amide bonds. The quantitative estimate of drug-likeness (QED) is 0.135. The number of carbonyl (C=O) groups is 2. The summed E-state index contributed by atoms with van der Waals surface area (Å²) in [5.41, 5.74) is 22.6. The van der Waals surface area contributed by atoms with E-state index in [1.807, 2.05) is 0 Å². The van der Waals surface area contributed by atoms with E-state index in [0.717, 1.165) is 0 Å². The Morgan fingerprint density at radius 2 is 2.06 bits per heavy atom. The van der Waals surface area contributed by atoms with Crippen LogP contribution in [0, 0.1) is 5.41 Å². The van der Waals surface area contributed by atoms with Crippen LogP contribution in [0.2, 0.25) is 0 Å². The van der Waals surface area contributed by atoms with Crippen molar-refractivity contribution in [2.45, 2.75) is 44.0 Å². The molecule has 1 aromatic carbocycles. The number of nitrogens with two attached hydrogens (primary N) is 4. The van der Waals surface area contributed by atoms with E-state index < -0.39 is 24.2 Å². The monoisotopic (exact) mass is 433 g/mol. The van der Waals surface area contributed by atoms with Crippen molar-refractivity contribution in [3.63, 3.8) is 0 Å². The van der Waals surface area contributed by atoms with Gasteiger partial charge in [-0.05, 0) is 43.9 Å². The van der Waals surface area contributed by atoms with Crippen molar-refractivity contribution in [3.05, 3.63) is 29.8 Å². The van der Waals surface area contributed by atoms with Crippen molar-refractivity contribution in [2.24, 2.45) is 27.9 Å². The zero-order chi connectivity index (χ0) is 23.0. The summed E-state index contributed by atoms with van der Waals surface area (Å²) in [6, 6.07) is 5.08. The Morgan fingerprint density at radius 3 is 2.74 bits per heavy atom. The van der Waals surface area contributed by atoms with E-state index in [1.165, 1.54) is 11.0 Å². The Kier molecular flexibility index (Phi) is 8.58. The number of aliphatic hydroxyl groups is 1. The third kappa shape index (κ3) is 7.12. The third-order valence-electron chi connectivity index (χ3n) is 4.92. The van der Waals surface area contributed by atoms with Crippen LogP contribution in [0.1, 0.15) is 36.0 Å². The number of piperidine rings is 1. The Balaban J connectivity index is 1.93. The lowest BCUT2D eigenvalue weighted by atomic mass is 10.0. The molecule has 3 atom stereocenters. The molecule has 12 nitrogen and oxygen atoms in total. The maximum absolute atomic E-state index is 12.6. The lowest BCUT2D eigenvalue weighted by Crippen LogP contribution is -2.58. The highest BCUT2D eigenvalue weighted by Crippen LogP contribution is 2.17. The number of nitrogens with one attached hydrogen (secondary N) is 3. The van der Waals surface area contributed by atoms with Crippen LogP contribution in [0.4, 0.5) is 5.69 Å². The molecule has 0 radical (unpaired) electrons. The Bertz CT molecular complexity index is 826. The van der Waals surface area contributed by atoms with Crippen molar-refractivity contribution < 1.29 is 14.7 Å². The van der Waals surface area contributed by atoms with E-state index in [0.29, 0.717) is 50.0 Å². The highest BCUT2D eigenvalue weighted by atomic mass is 16.3. The van der Waals surface area contributed by atoms with Gasteiger partial charge in [-0.25, -0.2) is 0 Å². The number of hydrogen-bond donors (Lipinski definition) is 8. The van der Waals surface area contributed by atoms with Crippen LogP contribution in [-0.2, 0) is 4.79 Å². The number of amides is 2. The molecule has 0 spiro atoms. The number of benzene rings is 1. The van der Waals surface area contributed by atoms with Gasteiger partial charge in [0.05, 0.1) is 12.1 Å². The molecule has 1 aliphatic rings. The maximum Gasteiger partial charge on any atom is 0.251 e. The van der Waals surface area contributed by atoms with Crippen molar-refractivity contribution in [3.8, 4) is 0 Å². The van der Waals surface area contributed by atoms with Gasteiger partial charge in [0, 0.05) is 24.3 Å². The van der Waals surface area contributed by atoms with Crippen molar-refractivity contribution in [1.82, 2.24) is 10.2 Å². The minimum atomic E-state index is -1.07. The molecule has 1 fully saturated rings. The molecular formula is C19H31N9O3. The van der Waals surface area contributed by atoms with E-state index in [1.54, 1.807) is 18.2 Å². The largest absolute Gasteiger partial charge is 0.371 e. The Labute approximate surface area is 180 Å². The summed E-state index contributed by atoms with van der Waals surface area (Å²) in [7, 11) is 0. The first kappa shape index (κ1) is 23.9. The molecular weight excluding hydrogens is 402 g/mol. The first-order valence-electron chi connectivity index (χ1n) is 10.0. The van der Waals surface area contributed by atoms with Gasteiger partial charge in [-0.2, -0.15) is 0 Å². The number of aliphatic hydroxyl groups excluding tert-OH is 1. The fourth-order valence-electron chi connectivity index (χ4n) is 3.27. The van der Waals surface area contributed by atoms with Crippen LogP contribution >= 0.6 is 0 Å². The molecule has 170 valence electrons. The molecule has 1 heterocycles. The van der Waals surface area contributed by atoms with Crippen molar-refractivity contribution in [1.29, 1.82) is 5.41 Å². The predicted molar refractivity (Wildman–Crippen MR) is 118 cm³/mol. The number of likely N-dealkylation sites (tertiary alicyclic amines) is 1. The van der Waals surface area contributed by atoms with Gasteiger partial charge in [0.15, 0.2) is 11.9 Å². The molecule has 1 saturated heterocycles. The average Bonchev–Trinajstić information content (AvgIpc) is 2.72. The molecule has 12 N–H and O–H groups in total. The first-order chi connectivity index (χ1) is 14.7. The van der Waals surface area contributed by atoms with Gasteiger partial charge < -0.3 is 43.6 Å². The van der Waals surface area contributed by atoms with Crippen LogP contribution in [0.5, 0.6) is 0 Å². The van der Waals surface area contributed by atoms with Gasteiger partial charge in [-0.3, -0.25) is 20.0 Å². The summed E-state index contributed by atoms with van der Waals surface area (Å²) in [5.74, 6) is -1.05. The van der Waals surface area contributed by atoms with E-state index in [4.69, 9.17) is 28.3 Å². The lowest BCUT2D eigenvalue weighted by Gasteiger charge is -2.38. The molecule has 0 bridgehead atoms. The summed E-state index contributed by atoms with van der Waals surface area (Å²) in [6.45, 7) is 0.837. The zero-order valence-corrected chi connectivity index (χ0v) is 17.3. The van der Waals surface area contributed by atoms with Gasteiger partial charge in [-0.1, -0.05) is 6.07 Å². The smallest absolute Gasteiger partial charge is 0.251 e. The summed E-state index contributed by atoms with van der Waals surface area (Å²) in [4.78, 5) is 30.1. The number of hydrogen-bond acceptors (Lipinski definition) is 6. The minimum absolute atomic E-state index is 0.0112. The topological polar surface area (TPSA) is 222 Å². The van der Waals surface area contributed by atoms with E-state index in [9.17, 15) is 14.7 Å². The number of anilines is 1. The molecule has 1 aliphatic heterocycles. The fraction of sp³-hybridized carbons (Fsp3) is 0.474. The Morgan fingerprint density at radius 1 is 1.32 bits per heavy atom. The van der Waals surface area contributed by atoms with Crippen LogP contribution < -0.4 is 33.6 Å². The van der Waals surface area contributed by atoms with Gasteiger partial charge in [0.2, 0.25) is 5.91 Å². The van der Waals surface area contributed by atoms with Gasteiger partial charge >= 0.3 is 0 Å². The summed E-state index contributed by atoms with van der Waals surface area (Å²) in [5, 5.41) is 23.3. The van der Waals surface area contributed by atoms with E-state index in [-0.39, 0.29) is 17.8 Å². The second-order valence-corrected chi connectivity index (χ2v) is 7.34. The predicted octanol–water partition coefficient (Wildman–Crippen LogP) is -1.59. The highest BCUT2D eigenvalue weighted by Gasteiger charge is 2.31. The molecule has 1 aromatic rings. The average molecular weight is 434 g/mol. The summed E-state index contributed by atoms with van der Waals surface area (Å²) in [6.07, 6.45) is 1.11. The number of carbonyl (C=O) groups excluding carboxylic acids is 2. The standard InChI is InChI=1S/C19H31N9O3/c20-13(6-2-8-25-18(21)22)16(30)26-12-5-1-4-11(10-12)15(29)27-14-7-3-9-28(17(14)31)19(23)24/h1,4-5,10,13-14,17,31H,2-3,6-9,20H2,(H3,23,24)(H,26,30)(H,27,29)(H4,21,22,25)/t13-,14+,17?/m1/s1. The van der Waals surface area contributed by atoms with Crippen molar-refractivity contribution in [2.75, 3.05) is 18.4 Å². The van der Waals surface area contributed by atoms with Crippen LogP contribution in [0.15, 0.2) is 29.3 Å². The van der Waals surface area contributed by atoms with Crippen LogP contribution in [-0.4, -0.2) is 65.1 Å². The van der Waals surface area contributed by atoms with Crippen molar-refractivity contribution >= 4 is 29.4 Å². The van der Waals surface area contributed by atoms with Crippen LogP contribution in [0.25, 0.3) is 0 Å². The van der Waals surface area contributed by atoms with E-state index >= 15 is 0 Å². The number of aliphatic imine (C=N–C) groups is 1. The highest BCUT2D eigenvalue weighted by molar-refractivity contribution is 5.98. The van der Waals surface area contributed by atoms with Gasteiger partial charge in [0.25, 0.3) is 5.91 Å². The minimum Gasteiger partial charge on any atom is -0.371 e. The van der Waals surface area contributed by atoms with E-state index in [2.05, 4.69) is 15.6 Å². The maximum atomic E-state index is 12.6. The first-order valence-corrected chi connectivity index (χ1v) is 10.0. The molecule has 2 rings (SSSR count). The number of rotatable bonds is 8. The SMILES string of the molecule is N=C(N)N1CCC[C@H](NC(=O)c2cccc(NC(=O)[C@H](N)CCCN=C(N)N)c2)C1O.